The molecule has 1 aromatic heterocycles. The van der Waals surface area contributed by atoms with Crippen molar-refractivity contribution < 1.29 is 18.3 Å². The van der Waals surface area contributed by atoms with Gasteiger partial charge in [-0.1, -0.05) is 0 Å². The van der Waals surface area contributed by atoms with Crippen molar-refractivity contribution in [2.75, 3.05) is 13.1 Å². The highest BCUT2D eigenvalue weighted by Crippen LogP contribution is 2.30. The molecule has 18 heavy (non-hydrogen) atoms. The molecule has 1 aromatic rings. The summed E-state index contributed by atoms with van der Waals surface area (Å²) in [4.78, 5) is 10.8. The maximum atomic E-state index is 12.3. The highest BCUT2D eigenvalue weighted by atomic mass is 79.9. The van der Waals surface area contributed by atoms with E-state index in [9.17, 15) is 18.3 Å². The Bertz CT molecular complexity index is 554. The maximum Gasteiger partial charge on any atom is 0.252 e. The molecule has 0 amide bonds. The molecule has 1 saturated heterocycles. The third kappa shape index (κ3) is 2.76. The number of hydrogen-bond donors (Lipinski definition) is 0. The molecular formula is C10H11BrNO4S2-. The molecule has 2 heterocycles. The summed E-state index contributed by atoms with van der Waals surface area (Å²) >= 11 is 4.34. The van der Waals surface area contributed by atoms with Crippen molar-refractivity contribution in [3.8, 4) is 0 Å². The maximum absolute atomic E-state index is 12.3. The zero-order chi connectivity index (χ0) is 13.3. The second-order valence-electron chi connectivity index (χ2n) is 4.08. The van der Waals surface area contributed by atoms with E-state index in [1.54, 1.807) is 6.07 Å². The van der Waals surface area contributed by atoms with Crippen LogP contribution in [0.5, 0.6) is 0 Å². The molecule has 2 rings (SSSR count). The molecular weight excluding hydrogens is 342 g/mol. The van der Waals surface area contributed by atoms with E-state index in [4.69, 9.17) is 0 Å². The molecule has 1 fully saturated rings. The second-order valence-corrected chi connectivity index (χ2v) is 8.71. The molecule has 0 aromatic carbocycles. The van der Waals surface area contributed by atoms with Gasteiger partial charge in [-0.15, -0.1) is 11.3 Å². The Hall–Kier alpha value is -0.440. The minimum absolute atomic E-state index is 0.000184. The van der Waals surface area contributed by atoms with Crippen molar-refractivity contribution in [1.82, 2.24) is 4.31 Å². The molecule has 0 spiro atoms. The van der Waals surface area contributed by atoms with Crippen LogP contribution < -0.4 is 5.11 Å². The van der Waals surface area contributed by atoms with Crippen LogP contribution in [0.1, 0.15) is 12.8 Å². The van der Waals surface area contributed by atoms with Crippen molar-refractivity contribution in [2.24, 2.45) is 5.92 Å². The predicted molar refractivity (Wildman–Crippen MR) is 68.5 cm³/mol. The van der Waals surface area contributed by atoms with Crippen molar-refractivity contribution in [2.45, 2.75) is 17.1 Å². The summed E-state index contributed by atoms with van der Waals surface area (Å²) in [5.74, 6) is -1.89. The van der Waals surface area contributed by atoms with Gasteiger partial charge < -0.3 is 9.90 Å². The molecule has 0 saturated carbocycles. The zero-order valence-electron chi connectivity index (χ0n) is 9.34. The minimum atomic E-state index is -3.58. The van der Waals surface area contributed by atoms with Crippen molar-refractivity contribution >= 4 is 43.3 Å². The van der Waals surface area contributed by atoms with Gasteiger partial charge in [0.05, 0.1) is 3.79 Å². The Kier molecular flexibility index (Phi) is 4.10. The Morgan fingerprint density at radius 1 is 1.50 bits per heavy atom. The fourth-order valence-electron chi connectivity index (χ4n) is 1.92. The van der Waals surface area contributed by atoms with Gasteiger partial charge in [0.25, 0.3) is 10.0 Å². The standard InChI is InChI=1S/C10H12BrNO4S2/c11-8-3-4-9(17-8)18(15,16)12-5-1-2-7(6-12)10(13)14/h3-4,7H,1-2,5-6H2,(H,13,14)/p-1. The Labute approximate surface area is 118 Å². The van der Waals surface area contributed by atoms with E-state index in [1.807, 2.05) is 0 Å². The third-order valence-electron chi connectivity index (χ3n) is 2.86. The first-order valence-electron chi connectivity index (χ1n) is 5.37. The first kappa shape index (κ1) is 14.0. The molecule has 5 nitrogen and oxygen atoms in total. The van der Waals surface area contributed by atoms with E-state index >= 15 is 0 Å². The first-order valence-corrected chi connectivity index (χ1v) is 8.42. The largest absolute Gasteiger partial charge is 0.550 e. The molecule has 0 aliphatic carbocycles. The molecule has 0 radical (unpaired) electrons. The lowest BCUT2D eigenvalue weighted by Crippen LogP contribution is -2.45. The number of carboxylic acid groups (broad SMARTS) is 1. The van der Waals surface area contributed by atoms with Gasteiger partial charge in [-0.05, 0) is 40.9 Å². The fraction of sp³-hybridized carbons (Fsp3) is 0.500. The quantitative estimate of drug-likeness (QED) is 0.800. The average Bonchev–Trinajstić information content (AvgIpc) is 2.77. The van der Waals surface area contributed by atoms with Crippen molar-refractivity contribution in [1.29, 1.82) is 0 Å². The number of carbonyl (C=O) groups excluding carboxylic acids is 1. The molecule has 1 unspecified atom stereocenters. The van der Waals surface area contributed by atoms with Gasteiger partial charge in [0, 0.05) is 25.0 Å². The van der Waals surface area contributed by atoms with E-state index in [0.717, 1.165) is 15.1 Å². The van der Waals surface area contributed by atoms with Gasteiger partial charge in [-0.3, -0.25) is 0 Å². The van der Waals surface area contributed by atoms with Crippen LogP contribution in [0.25, 0.3) is 0 Å². The van der Waals surface area contributed by atoms with E-state index in [1.165, 1.54) is 10.4 Å². The van der Waals surface area contributed by atoms with E-state index < -0.39 is 21.9 Å². The van der Waals surface area contributed by atoms with Gasteiger partial charge in [0.2, 0.25) is 0 Å². The van der Waals surface area contributed by atoms with Crippen LogP contribution in [0.4, 0.5) is 0 Å². The van der Waals surface area contributed by atoms with Gasteiger partial charge in [0.1, 0.15) is 4.21 Å². The monoisotopic (exact) mass is 352 g/mol. The van der Waals surface area contributed by atoms with Crippen LogP contribution >= 0.6 is 27.3 Å². The number of carboxylic acids is 1. The first-order chi connectivity index (χ1) is 8.41. The van der Waals surface area contributed by atoms with Crippen LogP contribution in [-0.4, -0.2) is 31.8 Å². The predicted octanol–water partition coefficient (Wildman–Crippen LogP) is 0.661. The molecule has 100 valence electrons. The minimum Gasteiger partial charge on any atom is -0.550 e. The summed E-state index contributed by atoms with van der Waals surface area (Å²) in [6, 6.07) is 3.18. The molecule has 8 heteroatoms. The van der Waals surface area contributed by atoms with Crippen LogP contribution in [0.2, 0.25) is 0 Å². The number of hydrogen-bond acceptors (Lipinski definition) is 5. The topological polar surface area (TPSA) is 77.5 Å². The van der Waals surface area contributed by atoms with Gasteiger partial charge in [0.15, 0.2) is 0 Å². The van der Waals surface area contributed by atoms with Crippen molar-refractivity contribution in [3.63, 3.8) is 0 Å². The number of nitrogens with zero attached hydrogens (tertiary/aromatic N) is 1. The van der Waals surface area contributed by atoms with Gasteiger partial charge in [-0.2, -0.15) is 4.31 Å². The lowest BCUT2D eigenvalue weighted by molar-refractivity contribution is -0.312. The lowest BCUT2D eigenvalue weighted by atomic mass is 10.0. The molecule has 1 atom stereocenters. The van der Waals surface area contributed by atoms with Gasteiger partial charge >= 0.3 is 0 Å². The van der Waals surface area contributed by atoms with E-state index in [0.29, 0.717) is 19.4 Å². The SMILES string of the molecule is O=C([O-])C1CCCN(S(=O)(=O)c2ccc(Br)s2)C1. The van der Waals surface area contributed by atoms with Gasteiger partial charge in [-0.25, -0.2) is 8.42 Å². The summed E-state index contributed by atoms with van der Waals surface area (Å²) in [6.07, 6.45) is 1.02. The number of carbonyl (C=O) groups is 1. The Morgan fingerprint density at radius 3 is 2.78 bits per heavy atom. The highest BCUT2D eigenvalue weighted by molar-refractivity contribution is 9.11. The smallest absolute Gasteiger partial charge is 0.252 e. The second kappa shape index (κ2) is 5.28. The Morgan fingerprint density at radius 2 is 2.22 bits per heavy atom. The highest BCUT2D eigenvalue weighted by Gasteiger charge is 2.31. The number of thiophene rings is 1. The van der Waals surface area contributed by atoms with Crippen LogP contribution in [0, 0.1) is 5.92 Å². The number of aliphatic carboxylic acids is 1. The summed E-state index contributed by atoms with van der Waals surface area (Å²) in [5, 5.41) is 10.8. The number of sulfonamides is 1. The lowest BCUT2D eigenvalue weighted by Gasteiger charge is -2.31. The number of halogens is 1. The fourth-order valence-corrected chi connectivity index (χ4v) is 5.60. The van der Waals surface area contributed by atoms with E-state index in [-0.39, 0.29) is 10.8 Å². The average molecular weight is 353 g/mol. The molecule has 1 aliphatic heterocycles. The number of rotatable bonds is 3. The van der Waals surface area contributed by atoms with Crippen molar-refractivity contribution in [3.05, 3.63) is 15.9 Å². The summed E-state index contributed by atoms with van der Waals surface area (Å²) in [6.45, 7) is 0.363. The zero-order valence-corrected chi connectivity index (χ0v) is 12.6. The van der Waals surface area contributed by atoms with E-state index in [2.05, 4.69) is 15.9 Å². The summed E-state index contributed by atoms with van der Waals surface area (Å²) in [5.41, 5.74) is 0. The summed E-state index contributed by atoms with van der Waals surface area (Å²) < 4.78 is 26.7. The van der Waals surface area contributed by atoms with Crippen LogP contribution in [-0.2, 0) is 14.8 Å². The van der Waals surface area contributed by atoms with Crippen LogP contribution in [0.3, 0.4) is 0 Å². The summed E-state index contributed by atoms with van der Waals surface area (Å²) in [7, 11) is -3.58. The van der Waals surface area contributed by atoms with Crippen LogP contribution in [0.15, 0.2) is 20.1 Å². The molecule has 0 bridgehead atoms. The normalized spacial score (nSPS) is 21.9. The molecule has 1 aliphatic rings. The number of piperidine rings is 1. The Balaban J connectivity index is 2.22. The third-order valence-corrected chi connectivity index (χ3v) is 6.82. The molecule has 0 N–H and O–H groups in total.